The van der Waals surface area contributed by atoms with Gasteiger partial charge in [0, 0.05) is 24.6 Å². The highest BCUT2D eigenvalue weighted by Gasteiger charge is 2.75. The van der Waals surface area contributed by atoms with E-state index in [0.717, 1.165) is 11.3 Å². The molecule has 23 heavy (non-hydrogen) atoms. The van der Waals surface area contributed by atoms with Crippen LogP contribution in [0.15, 0.2) is 24.3 Å². The van der Waals surface area contributed by atoms with Gasteiger partial charge in [0.05, 0.1) is 10.8 Å². The highest BCUT2D eigenvalue weighted by Crippen LogP contribution is 2.73. The summed E-state index contributed by atoms with van der Waals surface area (Å²) in [4.78, 5) is 35.3. The number of para-hydroxylation sites is 1. The number of benzene rings is 1. The quantitative estimate of drug-likeness (QED) is 0.784. The van der Waals surface area contributed by atoms with E-state index in [1.165, 1.54) is 0 Å². The van der Waals surface area contributed by atoms with Gasteiger partial charge < -0.3 is 15.7 Å². The molecule has 6 heteroatoms. The molecule has 1 atom stereocenters. The van der Waals surface area contributed by atoms with E-state index in [0.29, 0.717) is 32.2 Å². The van der Waals surface area contributed by atoms with Crippen molar-refractivity contribution in [1.82, 2.24) is 5.32 Å². The van der Waals surface area contributed by atoms with E-state index in [1.807, 2.05) is 24.3 Å². The number of hydrogen-bond acceptors (Lipinski definition) is 3. The van der Waals surface area contributed by atoms with Gasteiger partial charge in [0.25, 0.3) is 0 Å². The van der Waals surface area contributed by atoms with Crippen molar-refractivity contribution in [2.75, 3.05) is 11.9 Å². The second-order valence-electron chi connectivity index (χ2n) is 7.14. The fourth-order valence-corrected chi connectivity index (χ4v) is 4.34. The molecular weight excluding hydrogens is 296 g/mol. The zero-order valence-electron chi connectivity index (χ0n) is 12.6. The Hall–Kier alpha value is -2.37. The summed E-state index contributed by atoms with van der Waals surface area (Å²) in [5.41, 5.74) is 0.717. The fourth-order valence-electron chi connectivity index (χ4n) is 4.34. The maximum Gasteiger partial charge on any atom is 0.309 e. The van der Waals surface area contributed by atoms with Gasteiger partial charge in [-0.25, -0.2) is 0 Å². The fraction of sp³-hybridized carbons (Fsp3) is 0.471. The van der Waals surface area contributed by atoms with Crippen LogP contribution in [0.3, 0.4) is 0 Å². The van der Waals surface area contributed by atoms with Crippen LogP contribution in [0, 0.1) is 10.8 Å². The minimum atomic E-state index is -0.787. The van der Waals surface area contributed by atoms with Crippen molar-refractivity contribution < 1.29 is 19.5 Å². The van der Waals surface area contributed by atoms with Crippen molar-refractivity contribution in [1.29, 1.82) is 0 Å². The third-order valence-electron chi connectivity index (χ3n) is 5.58. The molecule has 6 nitrogen and oxygen atoms in total. The van der Waals surface area contributed by atoms with E-state index in [9.17, 15) is 14.4 Å². The Balaban J connectivity index is 1.40. The van der Waals surface area contributed by atoms with Crippen molar-refractivity contribution in [2.24, 2.45) is 10.8 Å². The summed E-state index contributed by atoms with van der Waals surface area (Å²) in [6, 6.07) is 7.61. The highest BCUT2D eigenvalue weighted by molar-refractivity contribution is 5.95. The molecule has 1 heterocycles. The number of nitrogens with one attached hydrogen (secondary N) is 2. The number of aliphatic carboxylic acids is 1. The molecule has 3 aliphatic carbocycles. The SMILES string of the molecule is O=C1CC(CNC(=O)C23CC(C(=O)O)(C2)C3)c2ccccc2N1. The Morgan fingerprint density at radius 2 is 1.91 bits per heavy atom. The summed E-state index contributed by atoms with van der Waals surface area (Å²) in [6.07, 6.45) is 1.69. The molecule has 1 unspecified atom stereocenters. The molecule has 120 valence electrons. The highest BCUT2D eigenvalue weighted by atomic mass is 16.4. The third kappa shape index (κ3) is 1.97. The van der Waals surface area contributed by atoms with E-state index < -0.39 is 16.8 Å². The molecule has 2 bridgehead atoms. The van der Waals surface area contributed by atoms with Crippen molar-refractivity contribution in [3.8, 4) is 0 Å². The molecule has 0 saturated heterocycles. The van der Waals surface area contributed by atoms with E-state index in [4.69, 9.17) is 5.11 Å². The van der Waals surface area contributed by atoms with Gasteiger partial charge in [-0.05, 0) is 30.9 Å². The summed E-state index contributed by atoms with van der Waals surface area (Å²) in [7, 11) is 0. The summed E-state index contributed by atoms with van der Waals surface area (Å²) in [6.45, 7) is 0.408. The molecule has 1 aromatic rings. The molecule has 1 aromatic carbocycles. The largest absolute Gasteiger partial charge is 0.481 e. The number of carbonyl (C=O) groups is 3. The summed E-state index contributed by atoms with van der Waals surface area (Å²) >= 11 is 0. The number of amides is 2. The Kier molecular flexibility index (Phi) is 2.83. The molecular formula is C17H18N2O4. The normalized spacial score (nSPS) is 33.6. The van der Waals surface area contributed by atoms with Gasteiger partial charge >= 0.3 is 5.97 Å². The molecule has 0 spiro atoms. The molecule has 3 fully saturated rings. The van der Waals surface area contributed by atoms with Gasteiger partial charge in [-0.1, -0.05) is 18.2 Å². The van der Waals surface area contributed by atoms with Gasteiger partial charge in [-0.15, -0.1) is 0 Å². The smallest absolute Gasteiger partial charge is 0.309 e. The van der Waals surface area contributed by atoms with Crippen LogP contribution in [-0.2, 0) is 14.4 Å². The summed E-state index contributed by atoms with van der Waals surface area (Å²) in [5.74, 6) is -0.933. The molecule has 1 aliphatic heterocycles. The number of hydrogen-bond donors (Lipinski definition) is 3. The molecule has 3 saturated carbocycles. The van der Waals surface area contributed by atoms with Gasteiger partial charge in [0.2, 0.25) is 11.8 Å². The first kappa shape index (κ1) is 14.2. The van der Waals surface area contributed by atoms with Crippen molar-refractivity contribution in [3.05, 3.63) is 29.8 Å². The topological polar surface area (TPSA) is 95.5 Å². The van der Waals surface area contributed by atoms with Crippen LogP contribution in [-0.4, -0.2) is 29.4 Å². The van der Waals surface area contributed by atoms with Gasteiger partial charge in [-0.3, -0.25) is 14.4 Å². The first-order valence-corrected chi connectivity index (χ1v) is 7.85. The second-order valence-corrected chi connectivity index (χ2v) is 7.14. The average Bonchev–Trinajstić information content (AvgIpc) is 2.41. The lowest BCUT2D eigenvalue weighted by Crippen LogP contribution is -2.70. The van der Waals surface area contributed by atoms with Crippen LogP contribution in [0.4, 0.5) is 5.69 Å². The van der Waals surface area contributed by atoms with Gasteiger partial charge in [0.1, 0.15) is 0 Å². The third-order valence-corrected chi connectivity index (χ3v) is 5.58. The Morgan fingerprint density at radius 1 is 1.22 bits per heavy atom. The van der Waals surface area contributed by atoms with Crippen molar-refractivity contribution in [3.63, 3.8) is 0 Å². The minimum Gasteiger partial charge on any atom is -0.481 e. The lowest BCUT2D eigenvalue weighted by molar-refractivity contribution is -0.220. The maximum absolute atomic E-state index is 12.4. The molecule has 0 radical (unpaired) electrons. The Bertz CT molecular complexity index is 707. The Morgan fingerprint density at radius 3 is 2.61 bits per heavy atom. The van der Waals surface area contributed by atoms with Crippen LogP contribution in [0.1, 0.15) is 37.2 Å². The lowest BCUT2D eigenvalue weighted by atomic mass is 9.35. The number of carboxylic acids is 1. The maximum atomic E-state index is 12.4. The van der Waals surface area contributed by atoms with E-state index in [2.05, 4.69) is 10.6 Å². The molecule has 3 N–H and O–H groups in total. The van der Waals surface area contributed by atoms with Crippen LogP contribution >= 0.6 is 0 Å². The Labute approximate surface area is 133 Å². The van der Waals surface area contributed by atoms with Crippen molar-refractivity contribution in [2.45, 2.75) is 31.6 Å². The molecule has 2 amide bonds. The van der Waals surface area contributed by atoms with E-state index in [-0.39, 0.29) is 17.7 Å². The van der Waals surface area contributed by atoms with E-state index >= 15 is 0 Å². The molecule has 4 aliphatic rings. The van der Waals surface area contributed by atoms with E-state index in [1.54, 1.807) is 0 Å². The lowest BCUT2D eigenvalue weighted by Gasteiger charge is -2.66. The summed E-state index contributed by atoms with van der Waals surface area (Å²) in [5, 5.41) is 14.9. The van der Waals surface area contributed by atoms with Crippen LogP contribution in [0.2, 0.25) is 0 Å². The standard InChI is InChI=1S/C17H18N2O4/c20-13-5-10(11-3-1-2-4-12(11)19-13)6-18-14(21)16-7-17(8-16,9-16)15(22)23/h1-4,10H,5-9H2,(H,18,21)(H,19,20)(H,22,23). The number of carboxylic acid groups (broad SMARTS) is 1. The van der Waals surface area contributed by atoms with Crippen LogP contribution < -0.4 is 10.6 Å². The average molecular weight is 314 g/mol. The van der Waals surface area contributed by atoms with Gasteiger partial charge in [-0.2, -0.15) is 0 Å². The number of anilines is 1. The van der Waals surface area contributed by atoms with Crippen molar-refractivity contribution >= 4 is 23.5 Å². The molecule has 0 aromatic heterocycles. The number of rotatable bonds is 4. The number of fused-ring (bicyclic) bond motifs is 1. The van der Waals surface area contributed by atoms with Crippen LogP contribution in [0.5, 0.6) is 0 Å². The van der Waals surface area contributed by atoms with Crippen LogP contribution in [0.25, 0.3) is 0 Å². The minimum absolute atomic E-state index is 0.0373. The second kappa shape index (κ2) is 4.57. The zero-order chi connectivity index (χ0) is 16.2. The predicted molar refractivity (Wildman–Crippen MR) is 81.8 cm³/mol. The monoisotopic (exact) mass is 314 g/mol. The predicted octanol–water partition coefficient (Wildman–Crippen LogP) is 1.48. The van der Waals surface area contributed by atoms with Gasteiger partial charge in [0.15, 0.2) is 0 Å². The zero-order valence-corrected chi connectivity index (χ0v) is 12.6. The number of carbonyl (C=O) groups excluding carboxylic acids is 2. The summed E-state index contributed by atoms with van der Waals surface area (Å²) < 4.78 is 0. The first-order valence-electron chi connectivity index (χ1n) is 7.85. The molecule has 5 rings (SSSR count). The first-order chi connectivity index (χ1) is 10.9.